The first kappa shape index (κ1) is 9.69. The monoisotopic (exact) mass is 217 g/mol. The van der Waals surface area contributed by atoms with E-state index in [0.717, 1.165) is 10.7 Å². The van der Waals surface area contributed by atoms with Crippen LogP contribution in [0.25, 0.3) is 5.95 Å². The van der Waals surface area contributed by atoms with Crippen molar-refractivity contribution < 1.29 is 13.2 Å². The van der Waals surface area contributed by atoms with Crippen molar-refractivity contribution in [3.63, 3.8) is 0 Å². The predicted octanol–water partition coefficient (Wildman–Crippen LogP) is 1.32. The minimum atomic E-state index is -4.45. The highest BCUT2D eigenvalue weighted by atomic mass is 19.4. The van der Waals surface area contributed by atoms with E-state index in [1.54, 1.807) is 0 Å². The van der Waals surface area contributed by atoms with Crippen LogP contribution in [0.4, 0.5) is 13.2 Å². The number of halogens is 3. The van der Waals surface area contributed by atoms with Crippen LogP contribution in [0.5, 0.6) is 0 Å². The first-order valence-corrected chi connectivity index (χ1v) is 3.98. The van der Waals surface area contributed by atoms with Gasteiger partial charge in [0, 0.05) is 5.69 Å². The fraction of sp³-hybridized carbons (Fsp3) is 0.286. The van der Waals surface area contributed by atoms with E-state index in [0.29, 0.717) is 5.69 Å². The molecule has 2 aromatic heterocycles. The Hall–Kier alpha value is -1.86. The molecular formula is C7H6F3N5. The highest BCUT2D eigenvalue weighted by Crippen LogP contribution is 2.28. The molecule has 0 atom stereocenters. The maximum atomic E-state index is 12.3. The third kappa shape index (κ3) is 1.69. The van der Waals surface area contributed by atoms with E-state index in [2.05, 4.69) is 20.3 Å². The minimum Gasteiger partial charge on any atom is -0.244 e. The number of hydrogen-bond acceptors (Lipinski definition) is 3. The summed E-state index contributed by atoms with van der Waals surface area (Å²) in [5.74, 6) is 0.156. The van der Waals surface area contributed by atoms with E-state index in [1.165, 1.54) is 13.3 Å². The lowest BCUT2D eigenvalue weighted by atomic mass is 10.4. The first-order chi connectivity index (χ1) is 6.98. The Morgan fingerprint density at radius 1 is 1.40 bits per heavy atom. The molecule has 0 fully saturated rings. The molecule has 2 heterocycles. The molecule has 0 bridgehead atoms. The predicted molar refractivity (Wildman–Crippen MR) is 43.2 cm³/mol. The summed E-state index contributed by atoms with van der Waals surface area (Å²) in [7, 11) is 0. The molecule has 0 radical (unpaired) electrons. The molecule has 15 heavy (non-hydrogen) atoms. The molecule has 0 aromatic carbocycles. The van der Waals surface area contributed by atoms with Gasteiger partial charge in [0.15, 0.2) is 5.69 Å². The number of aryl methyl sites for hydroxylation is 1. The Kier molecular flexibility index (Phi) is 1.98. The largest absolute Gasteiger partial charge is 0.435 e. The molecule has 1 N–H and O–H groups in total. The Balaban J connectivity index is 2.47. The summed E-state index contributed by atoms with van der Waals surface area (Å²) in [5, 5.41) is 9.35. The number of rotatable bonds is 1. The summed E-state index contributed by atoms with van der Waals surface area (Å²) in [4.78, 5) is 3.71. The molecule has 0 saturated heterocycles. The van der Waals surface area contributed by atoms with Crippen LogP contribution in [0.1, 0.15) is 11.4 Å². The number of nitrogens with one attached hydrogen (secondary N) is 1. The SMILES string of the molecule is Cc1cc(C(F)(F)F)nn1-c1ncn[nH]1. The van der Waals surface area contributed by atoms with Crippen LogP contribution < -0.4 is 0 Å². The van der Waals surface area contributed by atoms with Gasteiger partial charge in [0.2, 0.25) is 5.95 Å². The second-order valence-electron chi connectivity index (χ2n) is 2.89. The van der Waals surface area contributed by atoms with Gasteiger partial charge < -0.3 is 0 Å². The van der Waals surface area contributed by atoms with Gasteiger partial charge in [-0.1, -0.05) is 0 Å². The summed E-state index contributed by atoms with van der Waals surface area (Å²) < 4.78 is 38.0. The third-order valence-corrected chi connectivity index (χ3v) is 1.78. The lowest BCUT2D eigenvalue weighted by molar-refractivity contribution is -0.141. The number of H-pyrrole nitrogens is 1. The minimum absolute atomic E-state index is 0.156. The zero-order valence-electron chi connectivity index (χ0n) is 7.58. The first-order valence-electron chi connectivity index (χ1n) is 3.98. The molecule has 0 unspecified atom stereocenters. The second-order valence-corrected chi connectivity index (χ2v) is 2.89. The molecule has 2 rings (SSSR count). The summed E-state index contributed by atoms with van der Waals surface area (Å²) in [6, 6.07) is 0.947. The van der Waals surface area contributed by atoms with Gasteiger partial charge in [-0.3, -0.25) is 0 Å². The lowest BCUT2D eigenvalue weighted by Gasteiger charge is -2.00. The highest BCUT2D eigenvalue weighted by molar-refractivity contribution is 5.19. The van der Waals surface area contributed by atoms with Gasteiger partial charge in [0.1, 0.15) is 6.33 Å². The molecule has 0 amide bonds. The van der Waals surface area contributed by atoms with E-state index in [-0.39, 0.29) is 5.95 Å². The Morgan fingerprint density at radius 2 is 2.13 bits per heavy atom. The summed E-state index contributed by atoms with van der Waals surface area (Å²) in [6.07, 6.45) is -3.25. The van der Waals surface area contributed by atoms with Crippen LogP contribution in [0.2, 0.25) is 0 Å². The van der Waals surface area contributed by atoms with E-state index in [9.17, 15) is 13.2 Å². The van der Waals surface area contributed by atoms with Crippen LogP contribution in [0.15, 0.2) is 12.4 Å². The zero-order valence-corrected chi connectivity index (χ0v) is 7.58. The molecule has 5 nitrogen and oxygen atoms in total. The van der Waals surface area contributed by atoms with E-state index < -0.39 is 11.9 Å². The number of aromatic amines is 1. The van der Waals surface area contributed by atoms with Crippen molar-refractivity contribution in [3.05, 3.63) is 23.8 Å². The average molecular weight is 217 g/mol. The normalized spacial score (nSPS) is 12.0. The molecule has 0 saturated carbocycles. The summed E-state index contributed by atoms with van der Waals surface area (Å²) >= 11 is 0. The Labute approximate surface area is 81.9 Å². The molecule has 0 spiro atoms. The summed E-state index contributed by atoms with van der Waals surface area (Å²) in [6.45, 7) is 1.50. The van der Waals surface area contributed by atoms with Crippen molar-refractivity contribution in [1.29, 1.82) is 0 Å². The highest BCUT2D eigenvalue weighted by Gasteiger charge is 2.34. The Morgan fingerprint density at radius 3 is 2.60 bits per heavy atom. The quantitative estimate of drug-likeness (QED) is 0.783. The summed E-state index contributed by atoms with van der Waals surface area (Å²) in [5.41, 5.74) is -0.615. The lowest BCUT2D eigenvalue weighted by Crippen LogP contribution is -2.08. The number of aromatic nitrogens is 5. The molecule has 80 valence electrons. The fourth-order valence-electron chi connectivity index (χ4n) is 1.13. The van der Waals surface area contributed by atoms with Gasteiger partial charge in [-0.05, 0) is 13.0 Å². The van der Waals surface area contributed by atoms with Crippen LogP contribution >= 0.6 is 0 Å². The van der Waals surface area contributed by atoms with Gasteiger partial charge in [-0.15, -0.1) is 0 Å². The van der Waals surface area contributed by atoms with Crippen molar-refractivity contribution in [2.75, 3.05) is 0 Å². The van der Waals surface area contributed by atoms with Crippen LogP contribution in [0, 0.1) is 6.92 Å². The van der Waals surface area contributed by atoms with Crippen molar-refractivity contribution in [3.8, 4) is 5.95 Å². The van der Waals surface area contributed by atoms with Gasteiger partial charge in [-0.25, -0.2) is 9.78 Å². The maximum Gasteiger partial charge on any atom is 0.435 e. The molecular weight excluding hydrogens is 211 g/mol. The third-order valence-electron chi connectivity index (χ3n) is 1.78. The van der Waals surface area contributed by atoms with Crippen molar-refractivity contribution in [2.24, 2.45) is 0 Å². The number of nitrogens with zero attached hydrogens (tertiary/aromatic N) is 4. The Bertz CT molecular complexity index is 455. The molecule has 8 heteroatoms. The molecule has 0 aliphatic carbocycles. The second kappa shape index (κ2) is 3.07. The van der Waals surface area contributed by atoms with Gasteiger partial charge in [-0.2, -0.15) is 28.4 Å². The van der Waals surface area contributed by atoms with E-state index in [1.807, 2.05) is 0 Å². The van der Waals surface area contributed by atoms with E-state index >= 15 is 0 Å². The average Bonchev–Trinajstić information content (AvgIpc) is 2.69. The van der Waals surface area contributed by atoms with Crippen molar-refractivity contribution >= 4 is 0 Å². The standard InChI is InChI=1S/C7H6F3N5/c1-4-2-5(7(8,9)10)14-15(4)6-11-3-12-13-6/h2-3H,1H3,(H,11,12,13). The van der Waals surface area contributed by atoms with Crippen molar-refractivity contribution in [1.82, 2.24) is 25.0 Å². The van der Waals surface area contributed by atoms with Crippen LogP contribution in [-0.2, 0) is 6.18 Å². The molecule has 2 aromatic rings. The fourth-order valence-corrected chi connectivity index (χ4v) is 1.13. The smallest absolute Gasteiger partial charge is 0.244 e. The van der Waals surface area contributed by atoms with Crippen LogP contribution in [0.3, 0.4) is 0 Å². The van der Waals surface area contributed by atoms with Gasteiger partial charge >= 0.3 is 6.18 Å². The molecule has 0 aliphatic heterocycles. The van der Waals surface area contributed by atoms with Crippen molar-refractivity contribution in [2.45, 2.75) is 13.1 Å². The number of hydrogen-bond donors (Lipinski definition) is 1. The topological polar surface area (TPSA) is 59.4 Å². The number of alkyl halides is 3. The maximum absolute atomic E-state index is 12.3. The van der Waals surface area contributed by atoms with E-state index in [4.69, 9.17) is 0 Å². The molecule has 0 aliphatic rings. The van der Waals surface area contributed by atoms with Gasteiger partial charge in [0.25, 0.3) is 0 Å². The zero-order chi connectivity index (χ0) is 11.1. The van der Waals surface area contributed by atoms with Gasteiger partial charge in [0.05, 0.1) is 0 Å². The van der Waals surface area contributed by atoms with Crippen LogP contribution in [-0.4, -0.2) is 25.0 Å².